The molecule has 0 spiro atoms. The summed E-state index contributed by atoms with van der Waals surface area (Å²) in [5.41, 5.74) is 11.5. The molecule has 5 rings (SSSR count). The Morgan fingerprint density at radius 3 is 2.42 bits per heavy atom. The first-order valence-electron chi connectivity index (χ1n) is 10.3. The van der Waals surface area contributed by atoms with Crippen LogP contribution in [0.25, 0.3) is 0 Å². The van der Waals surface area contributed by atoms with E-state index in [1.807, 2.05) is 77.9 Å². The molecule has 9 nitrogen and oxygen atoms in total. The fraction of sp³-hybridized carbons (Fsp3) is 0.130. The van der Waals surface area contributed by atoms with Crippen LogP contribution in [0, 0.1) is 5.92 Å². The van der Waals surface area contributed by atoms with Gasteiger partial charge in [0.1, 0.15) is 11.7 Å². The summed E-state index contributed by atoms with van der Waals surface area (Å²) < 4.78 is 0. The van der Waals surface area contributed by atoms with Gasteiger partial charge in [-0.2, -0.15) is 10.1 Å². The van der Waals surface area contributed by atoms with Gasteiger partial charge in [-0.1, -0.05) is 60.3 Å². The Balaban J connectivity index is 1.58. The number of nitrogens with zero attached hydrogens (tertiary/aromatic N) is 4. The number of hydrogen-bond acceptors (Lipinski definition) is 8. The number of aliphatic imine (C=N–C) groups is 1. The Morgan fingerprint density at radius 2 is 1.76 bits per heavy atom. The SMILES string of the molecule is CC1=NN(c2ccccc2)C(=O)C1C1=CSC2=NC(N)=C(C(=O)NN)C(c3ccccc3)N12. The maximum absolute atomic E-state index is 13.5. The highest BCUT2D eigenvalue weighted by Crippen LogP contribution is 2.46. The van der Waals surface area contributed by atoms with Gasteiger partial charge < -0.3 is 10.6 Å². The van der Waals surface area contributed by atoms with E-state index >= 15 is 0 Å². The molecule has 0 saturated heterocycles. The van der Waals surface area contributed by atoms with E-state index < -0.39 is 17.9 Å². The van der Waals surface area contributed by atoms with E-state index in [0.29, 0.717) is 22.3 Å². The van der Waals surface area contributed by atoms with Gasteiger partial charge in [-0.05, 0) is 30.0 Å². The lowest BCUT2D eigenvalue weighted by Crippen LogP contribution is -2.44. The Labute approximate surface area is 194 Å². The third-order valence-electron chi connectivity index (χ3n) is 5.71. The van der Waals surface area contributed by atoms with Gasteiger partial charge >= 0.3 is 0 Å². The number of rotatable bonds is 4. The molecule has 0 saturated carbocycles. The Bertz CT molecular complexity index is 1250. The summed E-state index contributed by atoms with van der Waals surface area (Å²) in [6.45, 7) is 1.82. The van der Waals surface area contributed by atoms with Crippen LogP contribution in [0.4, 0.5) is 5.69 Å². The number of amides is 2. The minimum Gasteiger partial charge on any atom is -0.383 e. The normalized spacial score (nSPS) is 22.1. The first-order chi connectivity index (χ1) is 16.0. The van der Waals surface area contributed by atoms with Crippen molar-refractivity contribution in [3.63, 3.8) is 0 Å². The standard InChI is InChI=1S/C23H21N7O2S/c1-13-17(22(32)30(28-13)15-10-6-3-7-11-15)16-12-33-23-26-20(24)18(21(31)27-25)19(29(16)23)14-8-4-2-5-9-14/h2-12,17,19H,24-25H2,1H3,(H,27,31). The summed E-state index contributed by atoms with van der Waals surface area (Å²) in [5.74, 6) is 4.23. The van der Waals surface area contributed by atoms with E-state index in [0.717, 1.165) is 5.56 Å². The zero-order valence-corrected chi connectivity index (χ0v) is 18.5. The number of para-hydroxylation sites is 1. The molecule has 2 aromatic rings. The summed E-state index contributed by atoms with van der Waals surface area (Å²) in [4.78, 5) is 32.6. The Kier molecular flexibility index (Phi) is 5.23. The molecule has 3 aliphatic rings. The molecular weight excluding hydrogens is 438 g/mol. The number of hydrazine groups is 1. The first-order valence-corrected chi connectivity index (χ1v) is 11.1. The lowest BCUT2D eigenvalue weighted by Gasteiger charge is -2.37. The van der Waals surface area contributed by atoms with Crippen LogP contribution in [0.1, 0.15) is 18.5 Å². The topological polar surface area (TPSA) is 129 Å². The lowest BCUT2D eigenvalue weighted by molar-refractivity contribution is -0.119. The van der Waals surface area contributed by atoms with E-state index in [1.165, 1.54) is 16.8 Å². The van der Waals surface area contributed by atoms with Gasteiger partial charge in [0.05, 0.1) is 23.0 Å². The molecule has 5 N–H and O–H groups in total. The molecule has 3 aliphatic heterocycles. The van der Waals surface area contributed by atoms with E-state index in [-0.39, 0.29) is 17.3 Å². The van der Waals surface area contributed by atoms with Crippen LogP contribution in [0.3, 0.4) is 0 Å². The molecule has 0 bridgehead atoms. The minimum absolute atomic E-state index is 0.0919. The van der Waals surface area contributed by atoms with Gasteiger partial charge in [-0.25, -0.2) is 10.8 Å². The van der Waals surface area contributed by atoms with Crippen molar-refractivity contribution in [2.45, 2.75) is 13.0 Å². The smallest absolute Gasteiger partial charge is 0.267 e. The van der Waals surface area contributed by atoms with E-state index in [4.69, 9.17) is 11.6 Å². The number of nitrogens with one attached hydrogen (secondary N) is 1. The van der Waals surface area contributed by atoms with Crippen molar-refractivity contribution in [2.24, 2.45) is 27.6 Å². The van der Waals surface area contributed by atoms with Crippen molar-refractivity contribution < 1.29 is 9.59 Å². The number of hydrogen-bond donors (Lipinski definition) is 3. The summed E-state index contributed by atoms with van der Waals surface area (Å²) in [5, 5.41) is 8.41. The first kappa shape index (κ1) is 21.0. The van der Waals surface area contributed by atoms with Crippen LogP contribution >= 0.6 is 11.8 Å². The maximum Gasteiger partial charge on any atom is 0.267 e. The van der Waals surface area contributed by atoms with E-state index in [2.05, 4.69) is 15.5 Å². The molecule has 33 heavy (non-hydrogen) atoms. The fourth-order valence-electron chi connectivity index (χ4n) is 4.25. The van der Waals surface area contributed by atoms with Crippen LogP contribution in [0.2, 0.25) is 0 Å². The number of amidine groups is 1. The van der Waals surface area contributed by atoms with Gasteiger partial charge in [-0.3, -0.25) is 15.0 Å². The monoisotopic (exact) mass is 459 g/mol. The highest BCUT2D eigenvalue weighted by molar-refractivity contribution is 8.16. The number of hydrazone groups is 1. The highest BCUT2D eigenvalue weighted by Gasteiger charge is 2.47. The zero-order valence-electron chi connectivity index (χ0n) is 17.7. The summed E-state index contributed by atoms with van der Waals surface area (Å²) in [6.07, 6.45) is 0. The molecule has 0 aromatic heterocycles. The van der Waals surface area contributed by atoms with Crippen molar-refractivity contribution >= 4 is 40.1 Å². The maximum atomic E-state index is 13.5. The number of anilines is 1. The molecule has 2 atom stereocenters. The summed E-state index contributed by atoms with van der Waals surface area (Å²) >= 11 is 1.36. The zero-order chi connectivity index (χ0) is 23.1. The average molecular weight is 460 g/mol. The Hall–Kier alpha value is -3.89. The number of fused-ring (bicyclic) bond motifs is 1. The molecular formula is C23H21N7O2S. The second-order valence-corrected chi connectivity index (χ2v) is 8.51. The molecule has 10 heteroatoms. The number of carbonyl (C=O) groups is 2. The minimum atomic E-state index is -0.627. The van der Waals surface area contributed by atoms with Gasteiger partial charge in [0.15, 0.2) is 5.17 Å². The van der Waals surface area contributed by atoms with Gasteiger partial charge in [-0.15, -0.1) is 0 Å². The van der Waals surface area contributed by atoms with Crippen molar-refractivity contribution in [3.05, 3.63) is 88.7 Å². The molecule has 0 fully saturated rings. The molecule has 166 valence electrons. The number of benzene rings is 2. The van der Waals surface area contributed by atoms with Gasteiger partial charge in [0.25, 0.3) is 11.8 Å². The molecule has 2 unspecified atom stereocenters. The number of thioether (sulfide) groups is 1. The molecule has 0 radical (unpaired) electrons. The van der Waals surface area contributed by atoms with Crippen molar-refractivity contribution in [2.75, 3.05) is 5.01 Å². The average Bonchev–Trinajstić information content (AvgIpc) is 3.38. The fourth-order valence-corrected chi connectivity index (χ4v) is 5.20. The third-order valence-corrected chi connectivity index (χ3v) is 6.57. The van der Waals surface area contributed by atoms with Crippen LogP contribution in [-0.2, 0) is 9.59 Å². The van der Waals surface area contributed by atoms with Crippen molar-refractivity contribution in [3.8, 4) is 0 Å². The van der Waals surface area contributed by atoms with Crippen LogP contribution in [0.15, 0.2) is 93.3 Å². The van der Waals surface area contributed by atoms with Crippen LogP contribution < -0.4 is 22.0 Å². The second-order valence-electron chi connectivity index (χ2n) is 7.67. The van der Waals surface area contributed by atoms with Gasteiger partial charge in [0, 0.05) is 5.70 Å². The summed E-state index contributed by atoms with van der Waals surface area (Å²) in [7, 11) is 0. The molecule has 2 aromatic carbocycles. The predicted octanol–water partition coefficient (Wildman–Crippen LogP) is 2.19. The lowest BCUT2D eigenvalue weighted by atomic mass is 9.92. The van der Waals surface area contributed by atoms with E-state index in [1.54, 1.807) is 0 Å². The quantitative estimate of drug-likeness (QED) is 0.365. The molecule has 2 amide bonds. The van der Waals surface area contributed by atoms with Gasteiger partial charge in [0.2, 0.25) is 0 Å². The van der Waals surface area contributed by atoms with E-state index in [9.17, 15) is 9.59 Å². The second kappa shape index (κ2) is 8.23. The number of carbonyl (C=O) groups excluding carboxylic acids is 2. The predicted molar refractivity (Wildman–Crippen MR) is 128 cm³/mol. The Morgan fingerprint density at radius 1 is 1.09 bits per heavy atom. The van der Waals surface area contributed by atoms with Crippen molar-refractivity contribution in [1.29, 1.82) is 0 Å². The molecule has 3 heterocycles. The third kappa shape index (κ3) is 3.40. The number of nitrogens with two attached hydrogens (primary N) is 2. The van der Waals surface area contributed by atoms with Crippen molar-refractivity contribution in [1.82, 2.24) is 10.3 Å². The van der Waals surface area contributed by atoms with Crippen LogP contribution in [0.5, 0.6) is 0 Å². The largest absolute Gasteiger partial charge is 0.383 e. The summed E-state index contributed by atoms with van der Waals surface area (Å²) in [6, 6.07) is 18.1. The van der Waals surface area contributed by atoms with Crippen LogP contribution in [-0.4, -0.2) is 27.6 Å². The molecule has 0 aliphatic carbocycles. The highest BCUT2D eigenvalue weighted by atomic mass is 32.2.